The highest BCUT2D eigenvalue weighted by molar-refractivity contribution is 6.19. The maximum atomic E-state index is 6.26. The number of hydrogen-bond acceptors (Lipinski definition) is 3. The Morgan fingerprint density at radius 2 is 1.15 bits per heavy atom. The van der Waals surface area contributed by atoms with Crippen molar-refractivity contribution in [2.24, 2.45) is 0 Å². The van der Waals surface area contributed by atoms with E-state index in [1.54, 1.807) is 0 Å². The van der Waals surface area contributed by atoms with Gasteiger partial charge in [0.2, 0.25) is 0 Å². The van der Waals surface area contributed by atoms with Crippen LogP contribution in [0.1, 0.15) is 0 Å². The lowest BCUT2D eigenvalue weighted by Crippen LogP contribution is -2.03. The molecule has 0 saturated heterocycles. The van der Waals surface area contributed by atoms with Crippen LogP contribution in [0.4, 0.5) is 0 Å². The second-order valence-corrected chi connectivity index (χ2v) is 11.8. The standard InChI is InChI=1S/C42H25N3O/c1-2-12-26(13-3-1)29-18-10-21-35-39(29)33-24-27-14-4-5-15-28(27)25-36(33)45(35)42-30-16-6-8-20-34(30)43-41(44-42)32-19-11-23-38-40(32)31-17-7-9-22-37(31)46-38/h1-25H. The molecule has 3 heterocycles. The molecule has 214 valence electrons. The van der Waals surface area contributed by atoms with Crippen LogP contribution >= 0.6 is 0 Å². The average molecular weight is 588 g/mol. The van der Waals surface area contributed by atoms with Crippen LogP contribution < -0.4 is 0 Å². The van der Waals surface area contributed by atoms with E-state index in [-0.39, 0.29) is 0 Å². The van der Waals surface area contributed by atoms with Crippen molar-refractivity contribution in [3.05, 3.63) is 152 Å². The lowest BCUT2D eigenvalue weighted by atomic mass is 9.98. The van der Waals surface area contributed by atoms with Gasteiger partial charge in [-0.15, -0.1) is 0 Å². The number of nitrogens with zero attached hydrogens (tertiary/aromatic N) is 3. The number of benzene rings is 7. The second-order valence-electron chi connectivity index (χ2n) is 11.8. The molecule has 0 N–H and O–H groups in total. The molecule has 7 aromatic carbocycles. The van der Waals surface area contributed by atoms with Gasteiger partial charge in [0.05, 0.1) is 16.6 Å². The van der Waals surface area contributed by atoms with E-state index in [2.05, 4.69) is 120 Å². The molecule has 10 rings (SSSR count). The molecule has 0 bridgehead atoms. The smallest absolute Gasteiger partial charge is 0.162 e. The van der Waals surface area contributed by atoms with Crippen LogP contribution in [0.3, 0.4) is 0 Å². The molecule has 0 saturated carbocycles. The summed E-state index contributed by atoms with van der Waals surface area (Å²) in [5.74, 6) is 1.52. The fourth-order valence-corrected chi connectivity index (χ4v) is 7.15. The molecule has 4 nitrogen and oxygen atoms in total. The van der Waals surface area contributed by atoms with E-state index < -0.39 is 0 Å². The lowest BCUT2D eigenvalue weighted by molar-refractivity contribution is 0.669. The zero-order valence-electron chi connectivity index (χ0n) is 24.7. The Hall–Kier alpha value is -6.26. The lowest BCUT2D eigenvalue weighted by Gasteiger charge is -2.13. The molecule has 0 fully saturated rings. The number of fused-ring (bicyclic) bond motifs is 8. The molecule has 4 heteroatoms. The predicted molar refractivity (Wildman–Crippen MR) is 190 cm³/mol. The van der Waals surface area contributed by atoms with Crippen LogP contribution in [0, 0.1) is 0 Å². The summed E-state index contributed by atoms with van der Waals surface area (Å²) < 4.78 is 8.59. The van der Waals surface area contributed by atoms with Crippen molar-refractivity contribution in [3.63, 3.8) is 0 Å². The predicted octanol–water partition coefficient (Wildman–Crippen LogP) is 11.1. The van der Waals surface area contributed by atoms with Gasteiger partial charge in [-0.1, -0.05) is 109 Å². The van der Waals surface area contributed by atoms with Gasteiger partial charge in [-0.2, -0.15) is 0 Å². The Morgan fingerprint density at radius 3 is 2.04 bits per heavy atom. The second kappa shape index (κ2) is 9.62. The van der Waals surface area contributed by atoms with E-state index in [1.165, 1.54) is 32.7 Å². The van der Waals surface area contributed by atoms with E-state index in [0.717, 1.165) is 55.3 Å². The van der Waals surface area contributed by atoms with Crippen LogP contribution in [0.15, 0.2) is 156 Å². The molecular formula is C42H25N3O. The Kier molecular flexibility index (Phi) is 5.25. The van der Waals surface area contributed by atoms with E-state index in [9.17, 15) is 0 Å². The van der Waals surface area contributed by atoms with Gasteiger partial charge < -0.3 is 4.42 Å². The molecule has 0 amide bonds. The Bertz CT molecular complexity index is 2810. The maximum Gasteiger partial charge on any atom is 0.162 e. The van der Waals surface area contributed by atoms with Gasteiger partial charge in [0.1, 0.15) is 17.0 Å². The number of rotatable bonds is 3. The summed E-state index contributed by atoms with van der Waals surface area (Å²) in [7, 11) is 0. The molecule has 0 aliphatic heterocycles. The van der Waals surface area contributed by atoms with Crippen LogP contribution in [0.2, 0.25) is 0 Å². The summed E-state index contributed by atoms with van der Waals surface area (Å²) in [6.45, 7) is 0. The highest BCUT2D eigenvalue weighted by atomic mass is 16.3. The van der Waals surface area contributed by atoms with Crippen molar-refractivity contribution < 1.29 is 4.42 Å². The van der Waals surface area contributed by atoms with Crippen LogP contribution in [-0.4, -0.2) is 14.5 Å². The Labute approximate surface area is 263 Å². The van der Waals surface area contributed by atoms with E-state index in [1.807, 2.05) is 36.4 Å². The summed E-state index contributed by atoms with van der Waals surface area (Å²) in [6, 6.07) is 53.1. The summed E-state index contributed by atoms with van der Waals surface area (Å²) in [5.41, 5.74) is 8.12. The van der Waals surface area contributed by atoms with Gasteiger partial charge in [0.25, 0.3) is 0 Å². The molecule has 0 radical (unpaired) electrons. The number of hydrogen-bond donors (Lipinski definition) is 0. The highest BCUT2D eigenvalue weighted by Crippen LogP contribution is 2.42. The number of furan rings is 1. The van der Waals surface area contributed by atoms with Gasteiger partial charge in [-0.3, -0.25) is 4.57 Å². The minimum absolute atomic E-state index is 0.667. The van der Waals surface area contributed by atoms with Gasteiger partial charge in [-0.25, -0.2) is 9.97 Å². The zero-order chi connectivity index (χ0) is 30.2. The molecule has 0 aliphatic carbocycles. The molecule has 0 spiro atoms. The SMILES string of the molecule is c1ccc(-c2cccc3c2c2cc4ccccc4cc2n3-c2nc(-c3cccc4oc5ccccc5c34)nc3ccccc23)cc1. The first-order valence-corrected chi connectivity index (χ1v) is 15.5. The monoisotopic (exact) mass is 587 g/mol. The molecule has 0 unspecified atom stereocenters. The van der Waals surface area contributed by atoms with E-state index in [4.69, 9.17) is 14.4 Å². The molecule has 0 aliphatic rings. The molecular weight excluding hydrogens is 562 g/mol. The first-order valence-electron chi connectivity index (χ1n) is 15.5. The maximum absolute atomic E-state index is 6.26. The minimum atomic E-state index is 0.667. The van der Waals surface area contributed by atoms with Crippen molar-refractivity contribution in [1.29, 1.82) is 0 Å². The van der Waals surface area contributed by atoms with E-state index in [0.29, 0.717) is 5.82 Å². The quantitative estimate of drug-likeness (QED) is 0.207. The van der Waals surface area contributed by atoms with Gasteiger partial charge in [-0.05, 0) is 64.4 Å². The van der Waals surface area contributed by atoms with Crippen molar-refractivity contribution >= 4 is 65.4 Å². The third-order valence-electron chi connectivity index (χ3n) is 9.18. The fourth-order valence-electron chi connectivity index (χ4n) is 7.15. The van der Waals surface area contributed by atoms with Crippen LogP contribution in [-0.2, 0) is 0 Å². The first-order chi connectivity index (χ1) is 22.8. The van der Waals surface area contributed by atoms with Gasteiger partial charge in [0.15, 0.2) is 5.82 Å². The van der Waals surface area contributed by atoms with Crippen molar-refractivity contribution in [2.75, 3.05) is 0 Å². The van der Waals surface area contributed by atoms with Crippen molar-refractivity contribution in [1.82, 2.24) is 14.5 Å². The third-order valence-corrected chi connectivity index (χ3v) is 9.18. The highest BCUT2D eigenvalue weighted by Gasteiger charge is 2.22. The fraction of sp³-hybridized carbons (Fsp3) is 0. The Balaban J connectivity index is 1.36. The third kappa shape index (κ3) is 3.61. The van der Waals surface area contributed by atoms with Crippen molar-refractivity contribution in [3.8, 4) is 28.3 Å². The van der Waals surface area contributed by atoms with Crippen LogP contribution in [0.5, 0.6) is 0 Å². The van der Waals surface area contributed by atoms with Gasteiger partial charge >= 0.3 is 0 Å². The Morgan fingerprint density at radius 1 is 0.457 bits per heavy atom. The van der Waals surface area contributed by atoms with E-state index >= 15 is 0 Å². The zero-order valence-corrected chi connectivity index (χ0v) is 24.7. The largest absolute Gasteiger partial charge is 0.456 e. The molecule has 3 aromatic heterocycles. The number of para-hydroxylation sites is 2. The molecule has 0 atom stereocenters. The van der Waals surface area contributed by atoms with Crippen molar-refractivity contribution in [2.45, 2.75) is 0 Å². The molecule has 10 aromatic rings. The molecule has 46 heavy (non-hydrogen) atoms. The topological polar surface area (TPSA) is 43.9 Å². The summed E-state index contributed by atoms with van der Waals surface area (Å²) in [5, 5.41) is 7.88. The van der Waals surface area contributed by atoms with Gasteiger partial charge in [0, 0.05) is 32.5 Å². The van der Waals surface area contributed by atoms with Crippen LogP contribution in [0.25, 0.3) is 93.8 Å². The summed E-state index contributed by atoms with van der Waals surface area (Å²) in [4.78, 5) is 10.6. The first kappa shape index (κ1) is 25.1. The summed E-state index contributed by atoms with van der Waals surface area (Å²) in [6.07, 6.45) is 0. The normalized spacial score (nSPS) is 11.9. The minimum Gasteiger partial charge on any atom is -0.456 e. The number of aromatic nitrogens is 3. The summed E-state index contributed by atoms with van der Waals surface area (Å²) >= 11 is 0. The average Bonchev–Trinajstić information content (AvgIpc) is 3.66.